The van der Waals surface area contributed by atoms with Crippen molar-refractivity contribution in [3.05, 3.63) is 40.7 Å². The molecule has 1 aromatic heterocycles. The maximum absolute atomic E-state index is 11.1. The van der Waals surface area contributed by atoms with E-state index in [1.165, 1.54) is 13.2 Å². The van der Waals surface area contributed by atoms with E-state index in [4.69, 9.17) is 4.74 Å². The van der Waals surface area contributed by atoms with Crippen molar-refractivity contribution in [2.75, 3.05) is 7.11 Å². The van der Waals surface area contributed by atoms with Gasteiger partial charge < -0.3 is 9.94 Å². The van der Waals surface area contributed by atoms with Crippen molar-refractivity contribution < 1.29 is 9.94 Å². The standard InChI is InChI=1S/C10H9NO3/c1-14-8-4-2-7-3-5-10(12)11(13)9(7)6-8/h2-6,13H,1H3. The Balaban J connectivity index is 2.84. The Morgan fingerprint density at radius 3 is 2.71 bits per heavy atom. The lowest BCUT2D eigenvalue weighted by atomic mass is 10.2. The van der Waals surface area contributed by atoms with Gasteiger partial charge in [-0.3, -0.25) is 4.79 Å². The van der Waals surface area contributed by atoms with Gasteiger partial charge in [0.1, 0.15) is 5.75 Å². The van der Waals surface area contributed by atoms with Crippen LogP contribution in [0.5, 0.6) is 5.75 Å². The first-order valence-electron chi connectivity index (χ1n) is 4.11. The number of methoxy groups -OCH3 is 1. The van der Waals surface area contributed by atoms with E-state index in [0.717, 1.165) is 5.39 Å². The van der Waals surface area contributed by atoms with E-state index < -0.39 is 5.56 Å². The molecular formula is C10H9NO3. The minimum atomic E-state index is -0.453. The van der Waals surface area contributed by atoms with Gasteiger partial charge in [0, 0.05) is 17.5 Å². The number of benzene rings is 1. The Morgan fingerprint density at radius 1 is 1.29 bits per heavy atom. The van der Waals surface area contributed by atoms with Crippen LogP contribution in [-0.2, 0) is 0 Å². The SMILES string of the molecule is COc1ccc2ccc(=O)n(O)c2c1. The molecule has 2 aromatic rings. The summed E-state index contributed by atoms with van der Waals surface area (Å²) in [4.78, 5) is 11.1. The van der Waals surface area contributed by atoms with E-state index in [2.05, 4.69) is 0 Å². The third kappa shape index (κ3) is 1.21. The van der Waals surface area contributed by atoms with Gasteiger partial charge in [-0.05, 0) is 18.2 Å². The number of pyridine rings is 1. The molecule has 2 rings (SSSR count). The summed E-state index contributed by atoms with van der Waals surface area (Å²) in [6.45, 7) is 0. The molecule has 72 valence electrons. The summed E-state index contributed by atoms with van der Waals surface area (Å²) in [5, 5.41) is 10.2. The molecular weight excluding hydrogens is 182 g/mol. The van der Waals surface area contributed by atoms with Crippen molar-refractivity contribution in [2.24, 2.45) is 0 Å². The molecule has 0 saturated heterocycles. The van der Waals surface area contributed by atoms with Gasteiger partial charge in [-0.15, -0.1) is 4.73 Å². The third-order valence-electron chi connectivity index (χ3n) is 2.08. The number of nitrogens with zero attached hydrogens (tertiary/aromatic N) is 1. The van der Waals surface area contributed by atoms with Crippen molar-refractivity contribution in [3.8, 4) is 5.75 Å². The van der Waals surface area contributed by atoms with Gasteiger partial charge in [0.2, 0.25) is 0 Å². The summed E-state index contributed by atoms with van der Waals surface area (Å²) in [7, 11) is 1.53. The van der Waals surface area contributed by atoms with E-state index in [0.29, 0.717) is 16.0 Å². The molecule has 0 unspecified atom stereocenters. The smallest absolute Gasteiger partial charge is 0.283 e. The van der Waals surface area contributed by atoms with Crippen LogP contribution in [0.15, 0.2) is 35.1 Å². The minimum Gasteiger partial charge on any atom is -0.497 e. The molecule has 0 aliphatic carbocycles. The highest BCUT2D eigenvalue weighted by molar-refractivity contribution is 5.80. The van der Waals surface area contributed by atoms with E-state index in [-0.39, 0.29) is 0 Å². The maximum Gasteiger partial charge on any atom is 0.283 e. The van der Waals surface area contributed by atoms with Crippen molar-refractivity contribution in [1.82, 2.24) is 4.73 Å². The molecule has 1 aromatic carbocycles. The van der Waals surface area contributed by atoms with Crippen LogP contribution in [0, 0.1) is 0 Å². The number of hydrogen-bond acceptors (Lipinski definition) is 3. The number of rotatable bonds is 1. The Bertz CT molecular complexity index is 530. The lowest BCUT2D eigenvalue weighted by Gasteiger charge is -2.04. The van der Waals surface area contributed by atoms with Crippen LogP contribution in [0.4, 0.5) is 0 Å². The molecule has 0 bridgehead atoms. The highest BCUT2D eigenvalue weighted by Gasteiger charge is 2.02. The molecule has 14 heavy (non-hydrogen) atoms. The van der Waals surface area contributed by atoms with Gasteiger partial charge in [0.15, 0.2) is 0 Å². The first-order valence-corrected chi connectivity index (χ1v) is 4.11. The van der Waals surface area contributed by atoms with Gasteiger partial charge in [-0.25, -0.2) is 0 Å². The fourth-order valence-electron chi connectivity index (χ4n) is 1.33. The molecule has 1 heterocycles. The molecule has 0 aliphatic rings. The van der Waals surface area contributed by atoms with Gasteiger partial charge in [-0.1, -0.05) is 0 Å². The molecule has 4 heteroatoms. The Hall–Kier alpha value is -1.97. The number of aromatic nitrogens is 1. The number of hydrogen-bond donors (Lipinski definition) is 1. The van der Waals surface area contributed by atoms with Crippen LogP contribution < -0.4 is 10.3 Å². The van der Waals surface area contributed by atoms with Crippen molar-refractivity contribution in [3.63, 3.8) is 0 Å². The summed E-state index contributed by atoms with van der Waals surface area (Å²) in [6, 6.07) is 8.13. The van der Waals surface area contributed by atoms with Crippen molar-refractivity contribution in [2.45, 2.75) is 0 Å². The highest BCUT2D eigenvalue weighted by atomic mass is 16.5. The Morgan fingerprint density at radius 2 is 2.00 bits per heavy atom. The predicted octanol–water partition coefficient (Wildman–Crippen LogP) is 1.25. The summed E-state index contributed by atoms with van der Waals surface area (Å²) < 4.78 is 5.60. The van der Waals surface area contributed by atoms with Crippen LogP contribution >= 0.6 is 0 Å². The maximum atomic E-state index is 11.1. The van der Waals surface area contributed by atoms with Gasteiger partial charge in [0.05, 0.1) is 12.6 Å². The average molecular weight is 191 g/mol. The van der Waals surface area contributed by atoms with E-state index >= 15 is 0 Å². The highest BCUT2D eigenvalue weighted by Crippen LogP contribution is 2.18. The summed E-state index contributed by atoms with van der Waals surface area (Å²) in [5.74, 6) is 0.603. The quantitative estimate of drug-likeness (QED) is 0.690. The van der Waals surface area contributed by atoms with Crippen LogP contribution in [0.2, 0.25) is 0 Å². The predicted molar refractivity (Wildman–Crippen MR) is 51.9 cm³/mol. The second kappa shape index (κ2) is 3.06. The Labute approximate surface area is 79.9 Å². The zero-order valence-electron chi connectivity index (χ0n) is 7.60. The normalized spacial score (nSPS) is 10.4. The first kappa shape index (κ1) is 8.62. The zero-order valence-corrected chi connectivity index (χ0v) is 7.60. The fraction of sp³-hybridized carbons (Fsp3) is 0.100. The van der Waals surface area contributed by atoms with E-state index in [1.807, 2.05) is 0 Å². The minimum absolute atomic E-state index is 0.442. The van der Waals surface area contributed by atoms with Crippen LogP contribution in [0.1, 0.15) is 0 Å². The molecule has 0 fully saturated rings. The lowest BCUT2D eigenvalue weighted by molar-refractivity contribution is 0.188. The second-order valence-electron chi connectivity index (χ2n) is 2.91. The lowest BCUT2D eigenvalue weighted by Crippen LogP contribution is -2.16. The van der Waals surface area contributed by atoms with Gasteiger partial charge in [0.25, 0.3) is 5.56 Å². The number of ether oxygens (including phenoxy) is 1. The molecule has 0 amide bonds. The third-order valence-corrected chi connectivity index (χ3v) is 2.08. The fourth-order valence-corrected chi connectivity index (χ4v) is 1.33. The summed E-state index contributed by atoms with van der Waals surface area (Å²) in [6.07, 6.45) is 0. The summed E-state index contributed by atoms with van der Waals surface area (Å²) >= 11 is 0. The number of fused-ring (bicyclic) bond motifs is 1. The largest absolute Gasteiger partial charge is 0.497 e. The average Bonchev–Trinajstić information content (AvgIpc) is 2.23. The monoisotopic (exact) mass is 191 g/mol. The van der Waals surface area contributed by atoms with Crippen LogP contribution in [0.25, 0.3) is 10.9 Å². The molecule has 0 atom stereocenters. The molecule has 4 nitrogen and oxygen atoms in total. The van der Waals surface area contributed by atoms with Crippen molar-refractivity contribution in [1.29, 1.82) is 0 Å². The van der Waals surface area contributed by atoms with Crippen LogP contribution in [-0.4, -0.2) is 17.0 Å². The van der Waals surface area contributed by atoms with E-state index in [9.17, 15) is 10.0 Å². The molecule has 0 spiro atoms. The molecule has 0 aliphatic heterocycles. The van der Waals surface area contributed by atoms with Gasteiger partial charge >= 0.3 is 0 Å². The van der Waals surface area contributed by atoms with Gasteiger partial charge in [-0.2, -0.15) is 0 Å². The van der Waals surface area contributed by atoms with Crippen LogP contribution in [0.3, 0.4) is 0 Å². The van der Waals surface area contributed by atoms with E-state index in [1.54, 1.807) is 24.3 Å². The second-order valence-corrected chi connectivity index (χ2v) is 2.91. The first-order chi connectivity index (χ1) is 6.72. The summed E-state index contributed by atoms with van der Waals surface area (Å²) in [5.41, 5.74) is -0.0115. The topological polar surface area (TPSA) is 51.5 Å². The van der Waals surface area contributed by atoms with Crippen molar-refractivity contribution >= 4 is 10.9 Å². The zero-order chi connectivity index (χ0) is 10.1. The molecule has 1 N–H and O–H groups in total. The Kier molecular flexibility index (Phi) is 1.89. The molecule has 0 saturated carbocycles. The molecule has 0 radical (unpaired) electrons.